The first-order valence-corrected chi connectivity index (χ1v) is 8.13. The van der Waals surface area contributed by atoms with Gasteiger partial charge in [-0.2, -0.15) is 0 Å². The number of nitrogens with zero attached hydrogens (tertiary/aromatic N) is 4. The molecule has 0 saturated carbocycles. The van der Waals surface area contributed by atoms with E-state index in [2.05, 4.69) is 25.3 Å². The summed E-state index contributed by atoms with van der Waals surface area (Å²) >= 11 is 22.5. The Balaban J connectivity index is 0.000000219. The van der Waals surface area contributed by atoms with Crippen molar-refractivity contribution < 1.29 is 0 Å². The summed E-state index contributed by atoms with van der Waals surface area (Å²) in [5, 5.41) is 4.83. The number of rotatable bonds is 3. The van der Waals surface area contributed by atoms with Gasteiger partial charge < -0.3 is 5.32 Å². The molecule has 1 N–H and O–H groups in total. The van der Waals surface area contributed by atoms with Gasteiger partial charge in [0.2, 0.25) is 0 Å². The van der Waals surface area contributed by atoms with Crippen LogP contribution in [-0.4, -0.2) is 19.9 Å². The molecule has 0 aliphatic heterocycles. The molecule has 2 aromatic heterocycles. The fourth-order valence-corrected chi connectivity index (χ4v) is 2.26. The lowest BCUT2D eigenvalue weighted by molar-refractivity contribution is 1.09. The van der Waals surface area contributed by atoms with Crippen LogP contribution in [-0.2, 0) is 6.54 Å². The van der Waals surface area contributed by atoms with E-state index in [1.807, 2.05) is 24.3 Å². The van der Waals surface area contributed by atoms with E-state index in [4.69, 9.17) is 46.4 Å². The number of benzene rings is 1. The van der Waals surface area contributed by atoms with E-state index in [1.54, 1.807) is 6.20 Å². The second-order valence-electron chi connectivity index (χ2n) is 4.34. The fraction of sp³-hybridized carbons (Fsp3) is 0.0667. The first-order chi connectivity index (χ1) is 11.5. The van der Waals surface area contributed by atoms with Crippen LogP contribution in [0.4, 0.5) is 5.82 Å². The standard InChI is InChI=1S/C11H9Cl2N3.C4H2Cl2N2/c12-9-4-2-1-3-8(9)5-15-11-7-14-6-10(13)16-11;5-3-1-7-2-4(6)8-3/h1-4,6-7H,5H2,(H,15,16);1-2H. The molecule has 0 unspecified atom stereocenters. The second-order valence-corrected chi connectivity index (χ2v) is 5.91. The van der Waals surface area contributed by atoms with Crippen molar-refractivity contribution >= 4 is 52.2 Å². The van der Waals surface area contributed by atoms with Crippen molar-refractivity contribution in [3.63, 3.8) is 0 Å². The van der Waals surface area contributed by atoms with Gasteiger partial charge in [0.15, 0.2) is 0 Å². The highest BCUT2D eigenvalue weighted by atomic mass is 35.5. The van der Waals surface area contributed by atoms with Crippen LogP contribution < -0.4 is 5.32 Å². The minimum atomic E-state index is 0.317. The van der Waals surface area contributed by atoms with Gasteiger partial charge >= 0.3 is 0 Å². The summed E-state index contributed by atoms with van der Waals surface area (Å²) in [5.74, 6) is 0.632. The first-order valence-electron chi connectivity index (χ1n) is 6.62. The van der Waals surface area contributed by atoms with Gasteiger partial charge in [-0.25, -0.2) is 9.97 Å². The highest BCUT2D eigenvalue weighted by Crippen LogP contribution is 2.16. The molecule has 0 fully saturated rings. The van der Waals surface area contributed by atoms with Crippen LogP contribution in [0.5, 0.6) is 0 Å². The Morgan fingerprint density at radius 2 is 1.33 bits per heavy atom. The normalized spacial score (nSPS) is 9.83. The Morgan fingerprint density at radius 1 is 0.750 bits per heavy atom. The van der Waals surface area contributed by atoms with Gasteiger partial charge in [-0.15, -0.1) is 0 Å². The first kappa shape index (κ1) is 18.7. The van der Waals surface area contributed by atoms with Crippen molar-refractivity contribution in [2.24, 2.45) is 0 Å². The smallest absolute Gasteiger partial charge is 0.149 e. The van der Waals surface area contributed by atoms with Crippen molar-refractivity contribution in [1.82, 2.24) is 19.9 Å². The van der Waals surface area contributed by atoms with Crippen LogP contribution in [0, 0.1) is 0 Å². The Labute approximate surface area is 159 Å². The van der Waals surface area contributed by atoms with Crippen LogP contribution >= 0.6 is 46.4 Å². The number of halogens is 4. The van der Waals surface area contributed by atoms with Gasteiger partial charge in [-0.3, -0.25) is 9.97 Å². The fourth-order valence-electron chi connectivity index (χ4n) is 1.57. The third-order valence-corrected chi connectivity index (χ3v) is 3.51. The minimum absolute atomic E-state index is 0.317. The van der Waals surface area contributed by atoms with Crippen LogP contribution in [0.15, 0.2) is 49.1 Å². The molecule has 9 heteroatoms. The molecule has 124 valence electrons. The second kappa shape index (κ2) is 9.59. The van der Waals surface area contributed by atoms with Crippen LogP contribution in [0.2, 0.25) is 20.5 Å². The topological polar surface area (TPSA) is 63.6 Å². The van der Waals surface area contributed by atoms with Gasteiger partial charge in [0.05, 0.1) is 24.8 Å². The molecule has 0 amide bonds. The predicted molar refractivity (Wildman–Crippen MR) is 97.9 cm³/mol. The summed E-state index contributed by atoms with van der Waals surface area (Å²) in [5.41, 5.74) is 1.01. The zero-order valence-electron chi connectivity index (χ0n) is 12.1. The molecule has 0 aliphatic carbocycles. The maximum Gasteiger partial charge on any atom is 0.149 e. The van der Waals surface area contributed by atoms with Gasteiger partial charge in [-0.1, -0.05) is 64.6 Å². The van der Waals surface area contributed by atoms with Gasteiger partial charge in [0, 0.05) is 11.6 Å². The molecular formula is C15H11Cl4N5. The average molecular weight is 403 g/mol. The molecular weight excluding hydrogens is 392 g/mol. The summed E-state index contributed by atoms with van der Waals surface area (Å²) in [6, 6.07) is 7.63. The van der Waals surface area contributed by atoms with Crippen molar-refractivity contribution in [3.8, 4) is 0 Å². The van der Waals surface area contributed by atoms with Gasteiger partial charge in [-0.05, 0) is 11.6 Å². The van der Waals surface area contributed by atoms with Crippen molar-refractivity contribution in [1.29, 1.82) is 0 Å². The van der Waals surface area contributed by atoms with E-state index < -0.39 is 0 Å². The molecule has 0 bridgehead atoms. The Kier molecular flexibility index (Phi) is 7.46. The lowest BCUT2D eigenvalue weighted by Crippen LogP contribution is -2.02. The van der Waals surface area contributed by atoms with Gasteiger partial charge in [0.1, 0.15) is 21.3 Å². The molecule has 3 rings (SSSR count). The van der Waals surface area contributed by atoms with E-state index in [1.165, 1.54) is 18.6 Å². The number of aromatic nitrogens is 4. The largest absolute Gasteiger partial charge is 0.365 e. The van der Waals surface area contributed by atoms with Crippen LogP contribution in [0.3, 0.4) is 0 Å². The van der Waals surface area contributed by atoms with Crippen molar-refractivity contribution in [2.75, 3.05) is 5.32 Å². The summed E-state index contributed by atoms with van der Waals surface area (Å²) in [4.78, 5) is 15.3. The number of nitrogens with one attached hydrogen (secondary N) is 1. The molecule has 24 heavy (non-hydrogen) atoms. The summed E-state index contributed by atoms with van der Waals surface area (Å²) in [7, 11) is 0. The maximum atomic E-state index is 6.02. The molecule has 3 aromatic rings. The zero-order chi connectivity index (χ0) is 17.4. The van der Waals surface area contributed by atoms with E-state index in [9.17, 15) is 0 Å². The van der Waals surface area contributed by atoms with Crippen molar-refractivity contribution in [3.05, 3.63) is 75.1 Å². The zero-order valence-corrected chi connectivity index (χ0v) is 15.2. The molecule has 5 nitrogen and oxygen atoms in total. The summed E-state index contributed by atoms with van der Waals surface area (Å²) in [6.07, 6.45) is 5.95. The SMILES string of the molecule is Clc1cncc(Cl)n1.Clc1cncc(NCc2ccccc2Cl)n1. The highest BCUT2D eigenvalue weighted by Gasteiger charge is 2.00. The Bertz CT molecular complexity index is 783. The molecule has 0 radical (unpaired) electrons. The Hall–Kier alpha value is -1.66. The third-order valence-electron chi connectivity index (χ3n) is 2.60. The molecule has 0 saturated heterocycles. The van der Waals surface area contributed by atoms with E-state index >= 15 is 0 Å². The highest BCUT2D eigenvalue weighted by molar-refractivity contribution is 6.32. The van der Waals surface area contributed by atoms with Crippen LogP contribution in [0.25, 0.3) is 0 Å². The van der Waals surface area contributed by atoms with E-state index in [-0.39, 0.29) is 0 Å². The molecule has 1 aromatic carbocycles. The molecule has 0 aliphatic rings. The third kappa shape index (κ3) is 6.45. The average Bonchev–Trinajstić information content (AvgIpc) is 2.55. The monoisotopic (exact) mass is 401 g/mol. The number of anilines is 1. The minimum Gasteiger partial charge on any atom is -0.365 e. The lowest BCUT2D eigenvalue weighted by atomic mass is 10.2. The summed E-state index contributed by atoms with van der Waals surface area (Å²) in [6.45, 7) is 0.592. The predicted octanol–water partition coefficient (Wildman–Crippen LogP) is 5.18. The Morgan fingerprint density at radius 3 is 1.88 bits per heavy atom. The number of hydrogen-bond donors (Lipinski definition) is 1. The van der Waals surface area contributed by atoms with Gasteiger partial charge in [0.25, 0.3) is 0 Å². The van der Waals surface area contributed by atoms with Crippen LogP contribution in [0.1, 0.15) is 5.56 Å². The quantitative estimate of drug-likeness (QED) is 0.653. The lowest BCUT2D eigenvalue weighted by Gasteiger charge is -2.06. The molecule has 0 atom stereocenters. The summed E-state index contributed by atoms with van der Waals surface area (Å²) < 4.78 is 0. The maximum absolute atomic E-state index is 6.02. The van der Waals surface area contributed by atoms with E-state index in [0.29, 0.717) is 27.8 Å². The van der Waals surface area contributed by atoms with Crippen molar-refractivity contribution in [2.45, 2.75) is 6.54 Å². The number of hydrogen-bond acceptors (Lipinski definition) is 5. The molecule has 2 heterocycles. The molecule has 0 spiro atoms. The van der Waals surface area contributed by atoms with E-state index in [0.717, 1.165) is 10.6 Å².